The second kappa shape index (κ2) is 5.70. The molecule has 2 unspecified atom stereocenters. The van der Waals surface area contributed by atoms with E-state index in [9.17, 15) is 0 Å². The third-order valence-electron chi connectivity index (χ3n) is 4.29. The molecule has 100 valence electrons. The maximum Gasteiger partial charge on any atom is 0.0346 e. The van der Waals surface area contributed by atoms with Crippen molar-refractivity contribution < 1.29 is 0 Å². The lowest BCUT2D eigenvalue weighted by atomic mass is 9.87. The quantitative estimate of drug-likeness (QED) is 0.898. The summed E-state index contributed by atoms with van der Waals surface area (Å²) in [6, 6.07) is 9.30. The number of nitrogens with one attached hydrogen (secondary N) is 1. The smallest absolute Gasteiger partial charge is 0.0346 e. The average molecular weight is 254 g/mol. The lowest BCUT2D eigenvalue weighted by Gasteiger charge is -2.27. The molecule has 1 saturated carbocycles. The predicted octanol–water partition coefficient (Wildman–Crippen LogP) is 3.90. The van der Waals surface area contributed by atoms with Gasteiger partial charge in [-0.25, -0.2) is 0 Å². The van der Waals surface area contributed by atoms with Crippen molar-refractivity contribution in [3.8, 4) is 0 Å². The topological polar surface area (TPSA) is 24.9 Å². The Hall–Kier alpha value is -1.41. The fourth-order valence-electron chi connectivity index (χ4n) is 3.22. The van der Waals surface area contributed by atoms with E-state index in [-0.39, 0.29) is 0 Å². The van der Waals surface area contributed by atoms with Crippen molar-refractivity contribution in [3.05, 3.63) is 42.2 Å². The highest BCUT2D eigenvalue weighted by Gasteiger charge is 2.18. The highest BCUT2D eigenvalue weighted by Crippen LogP contribution is 2.24. The molecule has 0 radical (unpaired) electrons. The van der Waals surface area contributed by atoms with Crippen LogP contribution in [0.4, 0.5) is 0 Å². The summed E-state index contributed by atoms with van der Waals surface area (Å²) < 4.78 is 0. The average Bonchev–Trinajstić information content (AvgIpc) is 2.45. The van der Waals surface area contributed by atoms with Crippen LogP contribution in [0, 0.1) is 5.92 Å². The van der Waals surface area contributed by atoms with Crippen LogP contribution in [-0.2, 0) is 6.54 Å². The Morgan fingerprint density at radius 2 is 2.21 bits per heavy atom. The van der Waals surface area contributed by atoms with Gasteiger partial charge in [0.25, 0.3) is 0 Å². The Morgan fingerprint density at radius 1 is 1.26 bits per heavy atom. The molecule has 1 aliphatic rings. The molecule has 1 fully saturated rings. The minimum atomic E-state index is 0.695. The van der Waals surface area contributed by atoms with Crippen molar-refractivity contribution >= 4 is 10.8 Å². The zero-order chi connectivity index (χ0) is 13.1. The van der Waals surface area contributed by atoms with Crippen molar-refractivity contribution in [3.63, 3.8) is 0 Å². The number of benzene rings is 1. The first-order valence-electron chi connectivity index (χ1n) is 7.38. The Morgan fingerprint density at radius 3 is 3.11 bits per heavy atom. The van der Waals surface area contributed by atoms with Crippen molar-refractivity contribution in [2.24, 2.45) is 5.92 Å². The van der Waals surface area contributed by atoms with E-state index in [2.05, 4.69) is 41.5 Å². The van der Waals surface area contributed by atoms with Crippen LogP contribution >= 0.6 is 0 Å². The number of rotatable bonds is 3. The molecule has 0 saturated heterocycles. The van der Waals surface area contributed by atoms with E-state index in [0.29, 0.717) is 6.04 Å². The maximum absolute atomic E-state index is 4.19. The summed E-state index contributed by atoms with van der Waals surface area (Å²) in [5, 5.41) is 6.30. The fourth-order valence-corrected chi connectivity index (χ4v) is 3.22. The minimum absolute atomic E-state index is 0.695. The van der Waals surface area contributed by atoms with E-state index in [1.165, 1.54) is 42.0 Å². The number of hydrogen-bond acceptors (Lipinski definition) is 2. The summed E-state index contributed by atoms with van der Waals surface area (Å²) in [5.74, 6) is 0.878. The first kappa shape index (κ1) is 12.6. The summed E-state index contributed by atoms with van der Waals surface area (Å²) in [6.45, 7) is 3.34. The summed E-state index contributed by atoms with van der Waals surface area (Å²) in [7, 11) is 0. The molecule has 2 heteroatoms. The van der Waals surface area contributed by atoms with Crippen LogP contribution in [0.5, 0.6) is 0 Å². The van der Waals surface area contributed by atoms with Gasteiger partial charge in [0.05, 0.1) is 0 Å². The molecule has 3 rings (SSSR count). The van der Waals surface area contributed by atoms with Crippen LogP contribution < -0.4 is 5.32 Å². The van der Waals surface area contributed by atoms with Gasteiger partial charge in [-0.1, -0.05) is 38.0 Å². The second-order valence-corrected chi connectivity index (χ2v) is 5.86. The zero-order valence-corrected chi connectivity index (χ0v) is 11.6. The third kappa shape index (κ3) is 2.95. The SMILES string of the molecule is CC1CCCC(NCc2cccc3cnccc23)C1. The molecule has 2 atom stereocenters. The lowest BCUT2D eigenvalue weighted by molar-refractivity contribution is 0.301. The highest BCUT2D eigenvalue weighted by atomic mass is 14.9. The summed E-state index contributed by atoms with van der Waals surface area (Å²) in [6.07, 6.45) is 9.26. The van der Waals surface area contributed by atoms with E-state index in [4.69, 9.17) is 0 Å². The van der Waals surface area contributed by atoms with Gasteiger partial charge in [0.2, 0.25) is 0 Å². The van der Waals surface area contributed by atoms with E-state index in [1.807, 2.05) is 12.4 Å². The van der Waals surface area contributed by atoms with Crippen molar-refractivity contribution in [1.82, 2.24) is 10.3 Å². The zero-order valence-electron chi connectivity index (χ0n) is 11.6. The van der Waals surface area contributed by atoms with Gasteiger partial charge in [-0.05, 0) is 35.8 Å². The summed E-state index contributed by atoms with van der Waals surface area (Å²) >= 11 is 0. The normalized spacial score (nSPS) is 23.6. The van der Waals surface area contributed by atoms with Crippen LogP contribution in [-0.4, -0.2) is 11.0 Å². The number of pyridine rings is 1. The van der Waals surface area contributed by atoms with Crippen LogP contribution in [0.1, 0.15) is 38.2 Å². The Balaban J connectivity index is 1.71. The molecule has 0 amide bonds. The van der Waals surface area contributed by atoms with E-state index >= 15 is 0 Å². The molecule has 1 aromatic carbocycles. The van der Waals surface area contributed by atoms with Crippen LogP contribution in [0.25, 0.3) is 10.8 Å². The molecular formula is C17H22N2. The van der Waals surface area contributed by atoms with Crippen LogP contribution in [0.15, 0.2) is 36.7 Å². The largest absolute Gasteiger partial charge is 0.310 e. The van der Waals surface area contributed by atoms with Crippen molar-refractivity contribution in [2.45, 2.75) is 45.2 Å². The third-order valence-corrected chi connectivity index (χ3v) is 4.29. The second-order valence-electron chi connectivity index (χ2n) is 5.86. The van der Waals surface area contributed by atoms with E-state index in [1.54, 1.807) is 0 Å². The Kier molecular flexibility index (Phi) is 3.79. The van der Waals surface area contributed by atoms with Crippen LogP contribution in [0.2, 0.25) is 0 Å². The molecule has 0 spiro atoms. The molecular weight excluding hydrogens is 232 g/mol. The number of nitrogens with zero attached hydrogens (tertiary/aromatic N) is 1. The first-order valence-corrected chi connectivity index (χ1v) is 7.38. The van der Waals surface area contributed by atoms with Crippen molar-refractivity contribution in [2.75, 3.05) is 0 Å². The predicted molar refractivity (Wildman–Crippen MR) is 80.0 cm³/mol. The number of hydrogen-bond donors (Lipinski definition) is 1. The van der Waals surface area contributed by atoms with Gasteiger partial charge in [-0.2, -0.15) is 0 Å². The monoisotopic (exact) mass is 254 g/mol. The standard InChI is InChI=1S/C17H22N2/c1-13-4-2-7-16(10-13)19-12-15-6-3-5-14-11-18-9-8-17(14)15/h3,5-6,8-9,11,13,16,19H,2,4,7,10,12H2,1H3. The van der Waals surface area contributed by atoms with Gasteiger partial charge < -0.3 is 5.32 Å². The molecule has 0 aliphatic heterocycles. The van der Waals surface area contributed by atoms with E-state index in [0.717, 1.165) is 12.5 Å². The minimum Gasteiger partial charge on any atom is -0.310 e. The molecule has 19 heavy (non-hydrogen) atoms. The van der Waals surface area contributed by atoms with E-state index < -0.39 is 0 Å². The van der Waals surface area contributed by atoms with Crippen molar-refractivity contribution in [1.29, 1.82) is 0 Å². The highest BCUT2D eigenvalue weighted by molar-refractivity contribution is 5.84. The van der Waals surface area contributed by atoms with Gasteiger partial charge in [-0.3, -0.25) is 4.98 Å². The molecule has 1 N–H and O–H groups in total. The molecule has 2 aromatic rings. The maximum atomic E-state index is 4.19. The van der Waals surface area contributed by atoms with Crippen LogP contribution in [0.3, 0.4) is 0 Å². The van der Waals surface area contributed by atoms with Gasteiger partial charge in [-0.15, -0.1) is 0 Å². The Labute approximate surface area is 115 Å². The molecule has 0 bridgehead atoms. The van der Waals surface area contributed by atoms with Gasteiger partial charge in [0, 0.05) is 30.4 Å². The molecule has 1 aliphatic carbocycles. The Bertz CT molecular complexity index is 544. The van der Waals surface area contributed by atoms with Gasteiger partial charge >= 0.3 is 0 Å². The number of fused-ring (bicyclic) bond motifs is 1. The lowest BCUT2D eigenvalue weighted by Crippen LogP contribution is -2.33. The molecule has 1 aromatic heterocycles. The van der Waals surface area contributed by atoms with Gasteiger partial charge in [0.1, 0.15) is 0 Å². The summed E-state index contributed by atoms with van der Waals surface area (Å²) in [5.41, 5.74) is 1.39. The fraction of sp³-hybridized carbons (Fsp3) is 0.471. The first-order chi connectivity index (χ1) is 9.33. The summed E-state index contributed by atoms with van der Waals surface area (Å²) in [4.78, 5) is 4.19. The molecule has 1 heterocycles. The van der Waals surface area contributed by atoms with Gasteiger partial charge in [0.15, 0.2) is 0 Å². The molecule has 2 nitrogen and oxygen atoms in total. The number of aromatic nitrogens is 1.